The van der Waals surface area contributed by atoms with Crippen LogP contribution in [0.1, 0.15) is 61.7 Å². The van der Waals surface area contributed by atoms with Gasteiger partial charge in [0.25, 0.3) is 0 Å². The van der Waals surface area contributed by atoms with Gasteiger partial charge in [0.15, 0.2) is 0 Å². The third kappa shape index (κ3) is 7.27. The van der Waals surface area contributed by atoms with Crippen LogP contribution in [-0.2, 0) is 26.8 Å². The maximum atomic E-state index is 14.4. The summed E-state index contributed by atoms with van der Waals surface area (Å²) in [5.41, 5.74) is 4.02. The fraction of sp³-hybridized carbons (Fsp3) is 0.333. The highest BCUT2D eigenvalue weighted by molar-refractivity contribution is 7.92. The SMILES string of the molecule is Cc1ccc(/C=C/n2nc(C(C)(C)C)cc2CNC(=O)C(C)c2ccc(NS(C)(=O)=O)c(F)c2)cc1. The van der Waals surface area contributed by atoms with Crippen LogP contribution in [-0.4, -0.2) is 30.4 Å². The average molecular weight is 513 g/mol. The minimum absolute atomic E-state index is 0.159. The Morgan fingerprint density at radius 3 is 2.39 bits per heavy atom. The predicted octanol–water partition coefficient (Wildman–Crippen LogP) is 5.05. The monoisotopic (exact) mass is 512 g/mol. The van der Waals surface area contributed by atoms with Gasteiger partial charge in [-0.25, -0.2) is 17.5 Å². The Morgan fingerprint density at radius 2 is 1.81 bits per heavy atom. The molecule has 0 saturated heterocycles. The molecule has 1 atom stereocenters. The Labute approximate surface area is 212 Å². The van der Waals surface area contributed by atoms with Crippen LogP contribution in [0.3, 0.4) is 0 Å². The molecule has 0 aliphatic rings. The number of nitrogens with one attached hydrogen (secondary N) is 2. The van der Waals surface area contributed by atoms with Crippen molar-refractivity contribution < 1.29 is 17.6 Å². The van der Waals surface area contributed by atoms with Crippen LogP contribution in [0.4, 0.5) is 10.1 Å². The second-order valence-electron chi connectivity index (χ2n) is 9.99. The van der Waals surface area contributed by atoms with Gasteiger partial charge in [-0.3, -0.25) is 9.52 Å². The summed E-state index contributed by atoms with van der Waals surface area (Å²) in [4.78, 5) is 12.9. The number of carbonyl (C=O) groups is 1. The number of sulfonamides is 1. The number of halogens is 1. The fourth-order valence-corrected chi connectivity index (χ4v) is 4.03. The lowest BCUT2D eigenvalue weighted by atomic mass is 9.92. The van der Waals surface area contributed by atoms with Crippen LogP contribution in [0.5, 0.6) is 0 Å². The van der Waals surface area contributed by atoms with Gasteiger partial charge >= 0.3 is 0 Å². The number of aromatic nitrogens is 2. The Hall–Kier alpha value is -3.46. The number of anilines is 1. The van der Waals surface area contributed by atoms with Crippen LogP contribution >= 0.6 is 0 Å². The zero-order valence-corrected chi connectivity index (χ0v) is 22.3. The molecule has 0 saturated carbocycles. The molecule has 0 fully saturated rings. The second kappa shape index (κ2) is 10.7. The lowest BCUT2D eigenvalue weighted by molar-refractivity contribution is -0.122. The normalized spacial score (nSPS) is 13.1. The first-order valence-electron chi connectivity index (χ1n) is 11.6. The van der Waals surface area contributed by atoms with Gasteiger partial charge in [0.05, 0.1) is 35.8 Å². The zero-order valence-electron chi connectivity index (χ0n) is 21.5. The van der Waals surface area contributed by atoms with Gasteiger partial charge in [-0.2, -0.15) is 5.10 Å². The maximum Gasteiger partial charge on any atom is 0.229 e. The van der Waals surface area contributed by atoms with Crippen LogP contribution in [0.25, 0.3) is 12.3 Å². The number of nitrogens with zero attached hydrogens (tertiary/aromatic N) is 2. The van der Waals surface area contributed by atoms with Gasteiger partial charge in [-0.05, 0) is 49.2 Å². The molecule has 7 nitrogen and oxygen atoms in total. The van der Waals surface area contributed by atoms with Crippen LogP contribution in [0.15, 0.2) is 48.5 Å². The minimum atomic E-state index is -3.61. The molecule has 192 valence electrons. The summed E-state index contributed by atoms with van der Waals surface area (Å²) in [6.07, 6.45) is 4.78. The highest BCUT2D eigenvalue weighted by Crippen LogP contribution is 2.24. The lowest BCUT2D eigenvalue weighted by Crippen LogP contribution is -2.28. The first kappa shape index (κ1) is 27.1. The van der Waals surface area contributed by atoms with E-state index in [0.29, 0.717) is 5.56 Å². The molecule has 9 heteroatoms. The summed E-state index contributed by atoms with van der Waals surface area (Å²) in [5, 5.41) is 7.63. The van der Waals surface area contributed by atoms with E-state index in [2.05, 4.69) is 30.8 Å². The van der Waals surface area contributed by atoms with Gasteiger partial charge in [0.2, 0.25) is 15.9 Å². The van der Waals surface area contributed by atoms with E-state index >= 15 is 0 Å². The molecule has 0 spiro atoms. The van der Waals surface area contributed by atoms with Crippen LogP contribution < -0.4 is 10.0 Å². The molecule has 1 amide bonds. The largest absolute Gasteiger partial charge is 0.350 e. The molecule has 0 aliphatic carbocycles. The van der Waals surface area contributed by atoms with Gasteiger partial charge in [-0.1, -0.05) is 56.7 Å². The molecule has 2 N–H and O–H groups in total. The van der Waals surface area contributed by atoms with E-state index in [9.17, 15) is 17.6 Å². The van der Waals surface area contributed by atoms with Gasteiger partial charge in [0.1, 0.15) is 5.82 Å². The summed E-state index contributed by atoms with van der Waals surface area (Å²) >= 11 is 0. The molecular formula is C27H33FN4O3S. The number of benzene rings is 2. The van der Waals surface area contributed by atoms with Gasteiger partial charge < -0.3 is 5.32 Å². The maximum absolute atomic E-state index is 14.4. The number of carbonyl (C=O) groups excluding carboxylic acids is 1. The van der Waals surface area contributed by atoms with Crippen molar-refractivity contribution in [2.45, 2.75) is 52.5 Å². The van der Waals surface area contributed by atoms with Crippen molar-refractivity contribution >= 4 is 33.9 Å². The number of rotatable bonds is 8. The highest BCUT2D eigenvalue weighted by Gasteiger charge is 2.21. The zero-order chi connectivity index (χ0) is 26.7. The smallest absolute Gasteiger partial charge is 0.229 e. The third-order valence-corrected chi connectivity index (χ3v) is 6.28. The molecule has 3 aromatic rings. The summed E-state index contributed by atoms with van der Waals surface area (Å²) in [7, 11) is -3.61. The van der Waals surface area contributed by atoms with Crippen molar-refractivity contribution in [3.63, 3.8) is 0 Å². The van der Waals surface area contributed by atoms with E-state index in [0.717, 1.165) is 23.2 Å². The number of hydrogen-bond donors (Lipinski definition) is 2. The number of aryl methyl sites for hydroxylation is 1. The number of hydrogen-bond acceptors (Lipinski definition) is 4. The highest BCUT2D eigenvalue weighted by atomic mass is 32.2. The predicted molar refractivity (Wildman–Crippen MR) is 142 cm³/mol. The molecule has 3 rings (SSSR count). The van der Waals surface area contributed by atoms with E-state index < -0.39 is 21.8 Å². The van der Waals surface area contributed by atoms with E-state index in [1.807, 2.05) is 49.5 Å². The molecular weight excluding hydrogens is 479 g/mol. The Balaban J connectivity index is 1.76. The lowest BCUT2D eigenvalue weighted by Gasteiger charge is -2.14. The van der Waals surface area contributed by atoms with E-state index in [1.54, 1.807) is 11.6 Å². The van der Waals surface area contributed by atoms with Crippen molar-refractivity contribution in [2.24, 2.45) is 0 Å². The molecule has 2 aromatic carbocycles. The summed E-state index contributed by atoms with van der Waals surface area (Å²) < 4.78 is 41.0. The van der Waals surface area contributed by atoms with Crippen molar-refractivity contribution in [1.29, 1.82) is 0 Å². The van der Waals surface area contributed by atoms with Crippen molar-refractivity contribution in [1.82, 2.24) is 15.1 Å². The first-order chi connectivity index (χ1) is 16.7. The van der Waals surface area contributed by atoms with Crippen LogP contribution in [0, 0.1) is 12.7 Å². The fourth-order valence-electron chi connectivity index (χ4n) is 3.46. The molecule has 1 aromatic heterocycles. The van der Waals surface area contributed by atoms with E-state index in [4.69, 9.17) is 5.10 Å². The van der Waals surface area contributed by atoms with Crippen molar-refractivity contribution in [3.05, 3.63) is 82.4 Å². The Morgan fingerprint density at radius 1 is 1.14 bits per heavy atom. The first-order valence-corrected chi connectivity index (χ1v) is 13.5. The Bertz CT molecular complexity index is 1370. The molecule has 0 radical (unpaired) electrons. The van der Waals surface area contributed by atoms with E-state index in [1.165, 1.54) is 23.8 Å². The Kier molecular flexibility index (Phi) is 8.03. The minimum Gasteiger partial charge on any atom is -0.350 e. The van der Waals surface area contributed by atoms with Gasteiger partial charge in [0, 0.05) is 11.6 Å². The third-order valence-electron chi connectivity index (χ3n) is 5.69. The van der Waals surface area contributed by atoms with Crippen LogP contribution in [0.2, 0.25) is 0 Å². The number of amides is 1. The van der Waals surface area contributed by atoms with Crippen molar-refractivity contribution in [3.8, 4) is 0 Å². The topological polar surface area (TPSA) is 93.1 Å². The summed E-state index contributed by atoms with van der Waals surface area (Å²) in [5.74, 6) is -1.68. The molecule has 1 heterocycles. The molecule has 1 unspecified atom stereocenters. The molecule has 0 bridgehead atoms. The van der Waals surface area contributed by atoms with E-state index in [-0.39, 0.29) is 23.6 Å². The van der Waals surface area contributed by atoms with Gasteiger partial charge in [-0.15, -0.1) is 0 Å². The molecule has 0 aliphatic heterocycles. The quantitative estimate of drug-likeness (QED) is 0.442. The second-order valence-corrected chi connectivity index (χ2v) is 11.7. The average Bonchev–Trinajstić information content (AvgIpc) is 3.21. The standard InChI is InChI=1S/C27H33FN4O3S/c1-18-7-9-20(10-8-18)13-14-32-22(16-25(30-32)27(3,4)5)17-29-26(33)19(2)21-11-12-24(23(28)15-21)31-36(6,34)35/h7-16,19,31H,17H2,1-6H3,(H,29,33)/b14-13+. The molecule has 36 heavy (non-hydrogen) atoms. The summed E-state index contributed by atoms with van der Waals surface area (Å²) in [6.45, 7) is 10.2. The van der Waals surface area contributed by atoms with Crippen molar-refractivity contribution in [2.75, 3.05) is 11.0 Å². The summed E-state index contributed by atoms with van der Waals surface area (Å²) in [6, 6.07) is 14.1.